The van der Waals surface area contributed by atoms with Crippen LogP contribution in [-0.4, -0.2) is 16.1 Å². The highest BCUT2D eigenvalue weighted by molar-refractivity contribution is 6.11. The van der Waals surface area contributed by atoms with E-state index >= 15 is 0 Å². The summed E-state index contributed by atoms with van der Waals surface area (Å²) in [5, 5.41) is 7.33. The highest BCUT2D eigenvalue weighted by atomic mass is 19.1. The molecule has 1 aliphatic heterocycles. The zero-order valence-corrected chi connectivity index (χ0v) is 15.8. The number of nitrogens with zero attached hydrogens (tertiary/aromatic N) is 2. The van der Waals surface area contributed by atoms with E-state index in [-0.39, 0.29) is 11.7 Å². The van der Waals surface area contributed by atoms with Gasteiger partial charge in [0.15, 0.2) is 0 Å². The van der Waals surface area contributed by atoms with Gasteiger partial charge in [-0.05, 0) is 25.1 Å². The number of amides is 1. The summed E-state index contributed by atoms with van der Waals surface area (Å²) < 4.78 is 14.9. The zero-order valence-electron chi connectivity index (χ0n) is 15.8. The Morgan fingerprint density at radius 2 is 1.62 bits per heavy atom. The number of benzene rings is 3. The number of aromatic amines is 1. The minimum Gasteiger partial charge on any atom is -0.295 e. The molecule has 142 valence electrons. The van der Waals surface area contributed by atoms with Gasteiger partial charge in [0.05, 0.1) is 11.7 Å². The lowest BCUT2D eigenvalue weighted by atomic mass is 9.95. The Bertz CT molecular complexity index is 1200. The number of hydrogen-bond acceptors (Lipinski definition) is 2. The van der Waals surface area contributed by atoms with Crippen molar-refractivity contribution in [2.24, 2.45) is 0 Å². The molecule has 1 N–H and O–H groups in total. The van der Waals surface area contributed by atoms with Crippen molar-refractivity contribution in [2.75, 3.05) is 4.90 Å². The van der Waals surface area contributed by atoms with Crippen molar-refractivity contribution in [1.82, 2.24) is 10.2 Å². The van der Waals surface area contributed by atoms with E-state index in [1.807, 2.05) is 61.5 Å². The van der Waals surface area contributed by atoms with Crippen LogP contribution in [0.2, 0.25) is 0 Å². The number of carbonyl (C=O) groups excluding carboxylic acids is 1. The summed E-state index contributed by atoms with van der Waals surface area (Å²) in [6.07, 6.45) is 0. The van der Waals surface area contributed by atoms with Crippen LogP contribution in [0.3, 0.4) is 0 Å². The van der Waals surface area contributed by atoms with Gasteiger partial charge in [0.2, 0.25) is 0 Å². The molecule has 5 rings (SSSR count). The Hall–Kier alpha value is -3.73. The van der Waals surface area contributed by atoms with E-state index in [4.69, 9.17) is 0 Å². The number of anilines is 1. The minimum atomic E-state index is -0.601. The number of aromatic nitrogens is 2. The van der Waals surface area contributed by atoms with E-state index in [0.717, 1.165) is 11.1 Å². The van der Waals surface area contributed by atoms with Crippen molar-refractivity contribution in [3.05, 3.63) is 107 Å². The van der Waals surface area contributed by atoms with Gasteiger partial charge < -0.3 is 0 Å². The number of fused-ring (bicyclic) bond motifs is 1. The third-order valence-corrected chi connectivity index (χ3v) is 5.33. The molecule has 0 radical (unpaired) electrons. The zero-order chi connectivity index (χ0) is 20.0. The number of carbonyl (C=O) groups is 1. The molecule has 0 saturated heterocycles. The van der Waals surface area contributed by atoms with Crippen molar-refractivity contribution < 1.29 is 9.18 Å². The minimum absolute atomic E-state index is 0.217. The van der Waals surface area contributed by atoms with Crippen LogP contribution in [0.25, 0.3) is 11.3 Å². The molecule has 1 amide bonds. The molecule has 2 heterocycles. The molecule has 0 bridgehead atoms. The summed E-state index contributed by atoms with van der Waals surface area (Å²) >= 11 is 0. The van der Waals surface area contributed by atoms with E-state index in [1.165, 1.54) is 6.07 Å². The highest BCUT2D eigenvalue weighted by Crippen LogP contribution is 2.45. The van der Waals surface area contributed by atoms with Crippen LogP contribution in [0.4, 0.5) is 10.1 Å². The maximum atomic E-state index is 14.9. The monoisotopic (exact) mass is 383 g/mol. The SMILES string of the molecule is Cc1ccc(-c2n[nH]c3c2[C@@H](c2ccccc2F)N(c2ccccc2)C3=O)cc1. The second-order valence-corrected chi connectivity index (χ2v) is 7.16. The van der Waals surface area contributed by atoms with Gasteiger partial charge in [0, 0.05) is 22.4 Å². The molecule has 0 spiro atoms. The first-order valence-electron chi connectivity index (χ1n) is 9.43. The molecule has 1 atom stereocenters. The Labute approximate surface area is 167 Å². The van der Waals surface area contributed by atoms with Crippen molar-refractivity contribution in [1.29, 1.82) is 0 Å². The summed E-state index contributed by atoms with van der Waals surface area (Å²) in [5.74, 6) is -0.569. The predicted octanol–water partition coefficient (Wildman–Crippen LogP) is 5.27. The average Bonchev–Trinajstić information content (AvgIpc) is 3.29. The Balaban J connectivity index is 1.75. The van der Waals surface area contributed by atoms with Crippen molar-refractivity contribution >= 4 is 11.6 Å². The molecule has 5 heteroatoms. The van der Waals surface area contributed by atoms with E-state index < -0.39 is 6.04 Å². The van der Waals surface area contributed by atoms with Crippen molar-refractivity contribution in [3.63, 3.8) is 0 Å². The van der Waals surface area contributed by atoms with Crippen molar-refractivity contribution in [2.45, 2.75) is 13.0 Å². The first-order chi connectivity index (χ1) is 14.1. The summed E-state index contributed by atoms with van der Waals surface area (Å²) in [6.45, 7) is 2.02. The summed E-state index contributed by atoms with van der Waals surface area (Å²) in [5.41, 5.74) is 4.94. The van der Waals surface area contributed by atoms with Crippen LogP contribution in [0.5, 0.6) is 0 Å². The summed E-state index contributed by atoms with van der Waals surface area (Å²) in [4.78, 5) is 15.0. The largest absolute Gasteiger partial charge is 0.295 e. The molecule has 0 fully saturated rings. The second-order valence-electron chi connectivity index (χ2n) is 7.16. The summed E-state index contributed by atoms with van der Waals surface area (Å²) in [7, 11) is 0. The van der Waals surface area contributed by atoms with Crippen LogP contribution in [-0.2, 0) is 0 Å². The number of hydrogen-bond donors (Lipinski definition) is 1. The molecular weight excluding hydrogens is 365 g/mol. The Morgan fingerprint density at radius 3 is 2.34 bits per heavy atom. The molecule has 0 unspecified atom stereocenters. The van der Waals surface area contributed by atoms with Gasteiger partial charge in [-0.3, -0.25) is 14.8 Å². The highest BCUT2D eigenvalue weighted by Gasteiger charge is 2.43. The third kappa shape index (κ3) is 2.74. The fourth-order valence-electron chi connectivity index (χ4n) is 3.92. The number of rotatable bonds is 3. The standard InChI is InChI=1S/C24H18FN3O/c1-15-11-13-16(14-12-15)21-20-22(27-26-21)24(29)28(17-7-3-2-4-8-17)23(20)18-9-5-6-10-19(18)25/h2-14,23H,1H3,(H,26,27)/t23-/m1/s1. The molecule has 4 aromatic rings. The lowest BCUT2D eigenvalue weighted by Gasteiger charge is -2.26. The van der Waals surface area contributed by atoms with Gasteiger partial charge in [-0.15, -0.1) is 0 Å². The van der Waals surface area contributed by atoms with Gasteiger partial charge >= 0.3 is 0 Å². The van der Waals surface area contributed by atoms with Crippen molar-refractivity contribution in [3.8, 4) is 11.3 Å². The molecule has 0 saturated carbocycles. The molecule has 1 aromatic heterocycles. The number of aryl methyl sites for hydroxylation is 1. The fraction of sp³-hybridized carbons (Fsp3) is 0.0833. The van der Waals surface area contributed by atoms with E-state index in [1.54, 1.807) is 23.1 Å². The smallest absolute Gasteiger partial charge is 0.277 e. The van der Waals surface area contributed by atoms with Crippen LogP contribution in [0.1, 0.15) is 33.2 Å². The van der Waals surface area contributed by atoms with Gasteiger partial charge in [-0.1, -0.05) is 66.2 Å². The molecule has 0 aliphatic carbocycles. The van der Waals surface area contributed by atoms with E-state index in [9.17, 15) is 9.18 Å². The van der Waals surface area contributed by atoms with Gasteiger partial charge in [0.1, 0.15) is 11.5 Å². The Morgan fingerprint density at radius 1 is 0.931 bits per heavy atom. The molecule has 1 aliphatic rings. The first-order valence-corrected chi connectivity index (χ1v) is 9.43. The fourth-order valence-corrected chi connectivity index (χ4v) is 3.92. The van der Waals surface area contributed by atoms with Gasteiger partial charge in [0.25, 0.3) is 5.91 Å². The Kier molecular flexibility index (Phi) is 4.02. The molecular formula is C24H18FN3O. The third-order valence-electron chi connectivity index (χ3n) is 5.33. The molecule has 4 nitrogen and oxygen atoms in total. The van der Waals surface area contributed by atoms with Gasteiger partial charge in [-0.2, -0.15) is 5.10 Å². The lowest BCUT2D eigenvalue weighted by molar-refractivity contribution is 0.0988. The first kappa shape index (κ1) is 17.4. The molecule has 3 aromatic carbocycles. The number of halogens is 1. The normalized spacial score (nSPS) is 15.6. The second kappa shape index (κ2) is 6.71. The van der Waals surface area contributed by atoms with Crippen LogP contribution in [0.15, 0.2) is 78.9 Å². The average molecular weight is 383 g/mol. The maximum Gasteiger partial charge on any atom is 0.277 e. The quantitative estimate of drug-likeness (QED) is 0.524. The van der Waals surface area contributed by atoms with E-state index in [0.29, 0.717) is 28.2 Å². The number of H-pyrrole nitrogens is 1. The molecule has 29 heavy (non-hydrogen) atoms. The van der Waals surface area contributed by atoms with Crippen LogP contribution < -0.4 is 4.90 Å². The topological polar surface area (TPSA) is 49.0 Å². The number of nitrogens with one attached hydrogen (secondary N) is 1. The maximum absolute atomic E-state index is 14.9. The van der Waals surface area contributed by atoms with Crippen LogP contribution in [0, 0.1) is 12.7 Å². The van der Waals surface area contributed by atoms with E-state index in [2.05, 4.69) is 10.2 Å². The summed E-state index contributed by atoms with van der Waals surface area (Å²) in [6, 6.07) is 23.3. The van der Waals surface area contributed by atoms with Crippen LogP contribution >= 0.6 is 0 Å². The predicted molar refractivity (Wildman–Crippen MR) is 110 cm³/mol. The van der Waals surface area contributed by atoms with Gasteiger partial charge in [-0.25, -0.2) is 4.39 Å². The number of para-hydroxylation sites is 1. The lowest BCUT2D eigenvalue weighted by Crippen LogP contribution is -2.29.